The molecule has 0 fully saturated rings. The second-order valence-electron chi connectivity index (χ2n) is 4.87. The fourth-order valence-electron chi connectivity index (χ4n) is 2.81. The van der Waals surface area contributed by atoms with Crippen molar-refractivity contribution in [1.82, 2.24) is 4.98 Å². The number of anilines is 1. The van der Waals surface area contributed by atoms with Crippen LogP contribution in [0.15, 0.2) is 18.2 Å². The Morgan fingerprint density at radius 1 is 1.24 bits per heavy atom. The minimum absolute atomic E-state index is 0.707. The molecule has 0 bridgehead atoms. The van der Waals surface area contributed by atoms with Gasteiger partial charge in [0.1, 0.15) is 5.82 Å². The van der Waals surface area contributed by atoms with E-state index in [1.807, 2.05) is 0 Å². The first-order valence-electron chi connectivity index (χ1n) is 6.49. The van der Waals surface area contributed by atoms with Crippen LogP contribution in [0, 0.1) is 0 Å². The van der Waals surface area contributed by atoms with E-state index in [-0.39, 0.29) is 0 Å². The van der Waals surface area contributed by atoms with Crippen LogP contribution in [0.25, 0.3) is 10.9 Å². The van der Waals surface area contributed by atoms with E-state index in [9.17, 15) is 0 Å². The molecule has 0 saturated heterocycles. The van der Waals surface area contributed by atoms with Gasteiger partial charge in [0.05, 0.1) is 5.52 Å². The third-order valence-corrected chi connectivity index (χ3v) is 3.81. The standard InChI is InChI=1S/C15H18N2/c1-2-10-9-12-8-7-11-5-3-4-6-13(11)14(12)17-15(10)16/h7-9H,2-6H2,1H3,(H2,16,17). The van der Waals surface area contributed by atoms with E-state index in [1.54, 1.807) is 0 Å². The van der Waals surface area contributed by atoms with E-state index in [0.29, 0.717) is 5.82 Å². The number of aromatic nitrogens is 1. The highest BCUT2D eigenvalue weighted by atomic mass is 14.8. The van der Waals surface area contributed by atoms with Gasteiger partial charge in [0.15, 0.2) is 0 Å². The summed E-state index contributed by atoms with van der Waals surface area (Å²) >= 11 is 0. The summed E-state index contributed by atoms with van der Waals surface area (Å²) < 4.78 is 0. The summed E-state index contributed by atoms with van der Waals surface area (Å²) in [7, 11) is 0. The van der Waals surface area contributed by atoms with Crippen molar-refractivity contribution in [3.8, 4) is 0 Å². The highest BCUT2D eigenvalue weighted by molar-refractivity contribution is 5.85. The zero-order chi connectivity index (χ0) is 11.8. The predicted octanol–water partition coefficient (Wildman–Crippen LogP) is 3.26. The van der Waals surface area contributed by atoms with Gasteiger partial charge in [-0.3, -0.25) is 0 Å². The van der Waals surface area contributed by atoms with Crippen LogP contribution in [0.2, 0.25) is 0 Å². The average Bonchev–Trinajstić information content (AvgIpc) is 2.38. The van der Waals surface area contributed by atoms with Crippen LogP contribution in [0.3, 0.4) is 0 Å². The molecule has 0 atom stereocenters. The molecule has 2 nitrogen and oxygen atoms in total. The van der Waals surface area contributed by atoms with E-state index in [2.05, 4.69) is 30.1 Å². The van der Waals surface area contributed by atoms with Crippen molar-refractivity contribution in [2.45, 2.75) is 39.0 Å². The first-order chi connectivity index (χ1) is 8.29. The molecule has 3 rings (SSSR count). The van der Waals surface area contributed by atoms with E-state index in [1.165, 1.54) is 35.8 Å². The molecule has 1 aliphatic rings. The molecule has 0 radical (unpaired) electrons. The molecule has 2 N–H and O–H groups in total. The number of hydrogen-bond donors (Lipinski definition) is 1. The molecule has 17 heavy (non-hydrogen) atoms. The smallest absolute Gasteiger partial charge is 0.127 e. The van der Waals surface area contributed by atoms with Crippen LogP contribution >= 0.6 is 0 Å². The lowest BCUT2D eigenvalue weighted by molar-refractivity contribution is 0.689. The van der Waals surface area contributed by atoms with Gasteiger partial charge in [0, 0.05) is 5.39 Å². The fraction of sp³-hybridized carbons (Fsp3) is 0.400. The summed E-state index contributed by atoms with van der Waals surface area (Å²) in [5.41, 5.74) is 11.2. The molecule has 1 heterocycles. The highest BCUT2D eigenvalue weighted by Crippen LogP contribution is 2.29. The summed E-state index contributed by atoms with van der Waals surface area (Å²) in [6.45, 7) is 2.12. The lowest BCUT2D eigenvalue weighted by Gasteiger charge is -2.18. The second kappa shape index (κ2) is 4.02. The maximum Gasteiger partial charge on any atom is 0.127 e. The van der Waals surface area contributed by atoms with Gasteiger partial charge < -0.3 is 5.73 Å². The minimum Gasteiger partial charge on any atom is -0.383 e. The third kappa shape index (κ3) is 1.68. The Morgan fingerprint density at radius 3 is 2.88 bits per heavy atom. The zero-order valence-corrected chi connectivity index (χ0v) is 10.3. The second-order valence-corrected chi connectivity index (χ2v) is 4.87. The van der Waals surface area contributed by atoms with Gasteiger partial charge >= 0.3 is 0 Å². The molecule has 0 amide bonds. The zero-order valence-electron chi connectivity index (χ0n) is 10.3. The maximum absolute atomic E-state index is 6.02. The topological polar surface area (TPSA) is 38.9 Å². The van der Waals surface area contributed by atoms with Crippen LogP contribution in [0.5, 0.6) is 0 Å². The van der Waals surface area contributed by atoms with Crippen molar-refractivity contribution in [3.05, 3.63) is 34.9 Å². The number of rotatable bonds is 1. The lowest BCUT2D eigenvalue weighted by Crippen LogP contribution is -2.06. The molecule has 2 aromatic rings. The van der Waals surface area contributed by atoms with Crippen LogP contribution in [0.1, 0.15) is 36.5 Å². The van der Waals surface area contributed by atoms with E-state index >= 15 is 0 Å². The van der Waals surface area contributed by atoms with Gasteiger partial charge in [-0.25, -0.2) is 4.98 Å². The molecule has 0 spiro atoms. The maximum atomic E-state index is 6.02. The van der Waals surface area contributed by atoms with Crippen molar-refractivity contribution >= 4 is 16.7 Å². The molecular formula is C15H18N2. The SMILES string of the molecule is CCc1cc2ccc3c(c2nc1N)CCCC3. The molecule has 2 heteroatoms. The number of nitrogens with zero attached hydrogens (tertiary/aromatic N) is 1. The molecule has 88 valence electrons. The van der Waals surface area contributed by atoms with Crippen molar-refractivity contribution < 1.29 is 0 Å². The molecule has 0 unspecified atom stereocenters. The molecule has 0 saturated carbocycles. The van der Waals surface area contributed by atoms with E-state index in [4.69, 9.17) is 5.73 Å². The number of fused-ring (bicyclic) bond motifs is 3. The molecular weight excluding hydrogens is 208 g/mol. The fourth-order valence-corrected chi connectivity index (χ4v) is 2.81. The van der Waals surface area contributed by atoms with Crippen LogP contribution in [0.4, 0.5) is 5.82 Å². The Hall–Kier alpha value is -1.57. The van der Waals surface area contributed by atoms with Gasteiger partial charge in [-0.05, 0) is 54.9 Å². The Bertz CT molecular complexity index is 573. The summed E-state index contributed by atoms with van der Waals surface area (Å²) in [5, 5.41) is 1.25. The minimum atomic E-state index is 0.707. The Labute approximate surface area is 102 Å². The summed E-state index contributed by atoms with van der Waals surface area (Å²) in [6, 6.07) is 6.67. The quantitative estimate of drug-likeness (QED) is 0.810. The summed E-state index contributed by atoms with van der Waals surface area (Å²) in [6.07, 6.45) is 5.89. The van der Waals surface area contributed by atoms with Gasteiger partial charge in [0.2, 0.25) is 0 Å². The number of nitrogen functional groups attached to an aromatic ring is 1. The van der Waals surface area contributed by atoms with E-state index in [0.717, 1.165) is 23.9 Å². The van der Waals surface area contributed by atoms with Gasteiger partial charge in [-0.15, -0.1) is 0 Å². The Morgan fingerprint density at radius 2 is 2.06 bits per heavy atom. The monoisotopic (exact) mass is 226 g/mol. The van der Waals surface area contributed by atoms with Gasteiger partial charge in [-0.1, -0.05) is 19.1 Å². The summed E-state index contributed by atoms with van der Waals surface area (Å²) in [5.74, 6) is 0.707. The first-order valence-corrected chi connectivity index (χ1v) is 6.49. The predicted molar refractivity (Wildman–Crippen MR) is 72.2 cm³/mol. The van der Waals surface area contributed by atoms with Crippen LogP contribution in [-0.2, 0) is 19.3 Å². The van der Waals surface area contributed by atoms with Crippen molar-refractivity contribution in [2.75, 3.05) is 5.73 Å². The Kier molecular flexibility index (Phi) is 2.50. The Balaban J connectivity index is 2.28. The van der Waals surface area contributed by atoms with Gasteiger partial charge in [0.25, 0.3) is 0 Å². The lowest BCUT2D eigenvalue weighted by atomic mass is 9.89. The number of pyridine rings is 1. The molecule has 1 aromatic carbocycles. The molecule has 1 aliphatic carbocycles. The summed E-state index contributed by atoms with van der Waals surface area (Å²) in [4.78, 5) is 4.64. The number of benzene rings is 1. The number of hydrogen-bond acceptors (Lipinski definition) is 2. The largest absolute Gasteiger partial charge is 0.383 e. The normalized spacial score (nSPS) is 14.9. The number of aryl methyl sites for hydroxylation is 3. The van der Waals surface area contributed by atoms with Crippen molar-refractivity contribution in [2.24, 2.45) is 0 Å². The van der Waals surface area contributed by atoms with Crippen LogP contribution in [-0.4, -0.2) is 4.98 Å². The van der Waals surface area contributed by atoms with Crippen molar-refractivity contribution in [1.29, 1.82) is 0 Å². The van der Waals surface area contributed by atoms with Crippen LogP contribution < -0.4 is 5.73 Å². The van der Waals surface area contributed by atoms with E-state index < -0.39 is 0 Å². The molecule has 0 aliphatic heterocycles. The van der Waals surface area contributed by atoms with Gasteiger partial charge in [-0.2, -0.15) is 0 Å². The first kappa shape index (κ1) is 10.6. The number of nitrogens with two attached hydrogens (primary N) is 1. The van der Waals surface area contributed by atoms with Crippen molar-refractivity contribution in [3.63, 3.8) is 0 Å². The third-order valence-electron chi connectivity index (χ3n) is 3.81. The highest BCUT2D eigenvalue weighted by Gasteiger charge is 2.14. The average molecular weight is 226 g/mol. The molecule has 1 aromatic heterocycles.